The molecule has 2 aromatic rings. The van der Waals surface area contributed by atoms with E-state index in [4.69, 9.17) is 4.74 Å². The molecule has 0 radical (unpaired) electrons. The number of Topliss-reactive ketones (excluding diaryl/α,β-unsaturated/α-hetero) is 1. The first-order valence-corrected chi connectivity index (χ1v) is 9.77. The average molecular weight is 415 g/mol. The minimum Gasteiger partial charge on any atom is -0.493 e. The van der Waals surface area contributed by atoms with Crippen molar-refractivity contribution < 1.29 is 14.3 Å². The fourth-order valence-electron chi connectivity index (χ4n) is 2.57. The van der Waals surface area contributed by atoms with E-state index in [1.165, 1.54) is 0 Å². The molecule has 0 saturated carbocycles. The molecule has 10 nitrogen and oxygen atoms in total. The molecule has 1 aromatic carbocycles. The van der Waals surface area contributed by atoms with E-state index >= 15 is 0 Å². The summed E-state index contributed by atoms with van der Waals surface area (Å²) < 4.78 is 5.70. The lowest BCUT2D eigenvalue weighted by molar-refractivity contribution is -0.121. The number of benzene rings is 1. The third-order valence-electron chi connectivity index (χ3n) is 4.15. The molecule has 2 rings (SSSR count). The standard InChI is InChI=1S/C20H25N5O5/c1-2-3-4-7-12-30-17-9-6-5-8-14(17)16(26)13-21-24-18(27)11-10-15-19(28)22-20(29)25-23-15/h5-6,8-9,13H,2-4,7,10-12H2,1H3,(H,24,27)(H2,22,25,28,29)/b21-13+. The van der Waals surface area contributed by atoms with Gasteiger partial charge in [0.1, 0.15) is 11.4 Å². The Morgan fingerprint density at radius 3 is 2.77 bits per heavy atom. The summed E-state index contributed by atoms with van der Waals surface area (Å²) in [6, 6.07) is 6.85. The Kier molecular flexibility index (Phi) is 9.17. The molecule has 0 aliphatic carbocycles. The number of nitrogens with one attached hydrogen (secondary N) is 3. The lowest BCUT2D eigenvalue weighted by Gasteiger charge is -2.09. The molecule has 3 N–H and O–H groups in total. The first-order chi connectivity index (χ1) is 14.5. The number of nitrogens with zero attached hydrogens (tertiary/aromatic N) is 2. The molecule has 1 amide bonds. The number of hydrogen-bond acceptors (Lipinski definition) is 7. The number of rotatable bonds is 12. The van der Waals surface area contributed by atoms with Crippen LogP contribution in [0.1, 0.15) is 55.1 Å². The number of H-pyrrole nitrogens is 2. The van der Waals surface area contributed by atoms with Crippen molar-refractivity contribution in [3.63, 3.8) is 0 Å². The van der Waals surface area contributed by atoms with Gasteiger partial charge in [0.05, 0.1) is 18.4 Å². The second-order valence-electron chi connectivity index (χ2n) is 6.52. The molecule has 0 aliphatic rings. The van der Waals surface area contributed by atoms with Crippen LogP contribution in [-0.2, 0) is 11.2 Å². The molecule has 30 heavy (non-hydrogen) atoms. The number of carbonyl (C=O) groups excluding carboxylic acids is 2. The average Bonchev–Trinajstić information content (AvgIpc) is 2.73. The smallest absolute Gasteiger partial charge is 0.342 e. The molecule has 1 heterocycles. The summed E-state index contributed by atoms with van der Waals surface area (Å²) in [6.45, 7) is 2.66. The molecule has 0 fully saturated rings. The number of ketones is 1. The third-order valence-corrected chi connectivity index (χ3v) is 4.15. The van der Waals surface area contributed by atoms with Gasteiger partial charge in [-0.1, -0.05) is 38.3 Å². The normalized spacial score (nSPS) is 10.8. The van der Waals surface area contributed by atoms with Gasteiger partial charge in [0, 0.05) is 12.8 Å². The van der Waals surface area contributed by atoms with Gasteiger partial charge in [0.25, 0.3) is 5.56 Å². The molecule has 0 unspecified atom stereocenters. The van der Waals surface area contributed by atoms with Crippen LogP contribution in [0.25, 0.3) is 0 Å². The van der Waals surface area contributed by atoms with Crippen LogP contribution < -0.4 is 21.4 Å². The molecular formula is C20H25N5O5. The molecule has 0 atom stereocenters. The highest BCUT2D eigenvalue weighted by atomic mass is 16.5. The van der Waals surface area contributed by atoms with Crippen molar-refractivity contribution in [1.82, 2.24) is 20.6 Å². The zero-order valence-electron chi connectivity index (χ0n) is 16.8. The van der Waals surface area contributed by atoms with Gasteiger partial charge in [-0.3, -0.25) is 19.4 Å². The van der Waals surface area contributed by atoms with Crippen molar-refractivity contribution in [2.75, 3.05) is 6.61 Å². The highest BCUT2D eigenvalue weighted by molar-refractivity contribution is 6.36. The molecule has 0 bridgehead atoms. The van der Waals surface area contributed by atoms with Crippen LogP contribution in [0.15, 0.2) is 39.0 Å². The summed E-state index contributed by atoms with van der Waals surface area (Å²) in [5.74, 6) is -0.440. The Bertz CT molecular complexity index is 995. The highest BCUT2D eigenvalue weighted by Crippen LogP contribution is 2.18. The molecule has 1 aromatic heterocycles. The van der Waals surface area contributed by atoms with Crippen LogP contribution >= 0.6 is 0 Å². The first kappa shape index (κ1) is 22.7. The van der Waals surface area contributed by atoms with Crippen molar-refractivity contribution >= 4 is 17.9 Å². The molecule has 0 saturated heterocycles. The Hall–Kier alpha value is -3.56. The fourth-order valence-corrected chi connectivity index (χ4v) is 2.57. The van der Waals surface area contributed by atoms with E-state index in [0.29, 0.717) is 17.9 Å². The lowest BCUT2D eigenvalue weighted by atomic mass is 10.1. The van der Waals surface area contributed by atoms with E-state index in [0.717, 1.165) is 31.9 Å². The monoisotopic (exact) mass is 415 g/mol. The van der Waals surface area contributed by atoms with Crippen LogP contribution in [0.5, 0.6) is 5.75 Å². The van der Waals surface area contributed by atoms with Crippen LogP contribution in [-0.4, -0.2) is 39.7 Å². The SMILES string of the molecule is CCCCCCOc1ccccc1C(=O)/C=N/NC(=O)CCc1n[nH]c(=O)[nH]c1=O. The summed E-state index contributed by atoms with van der Waals surface area (Å²) in [6.07, 6.45) is 5.18. The van der Waals surface area contributed by atoms with Crippen LogP contribution in [0, 0.1) is 0 Å². The molecule has 10 heteroatoms. The third kappa shape index (κ3) is 7.46. The zero-order valence-corrected chi connectivity index (χ0v) is 16.8. The quantitative estimate of drug-likeness (QED) is 0.206. The fraction of sp³-hybridized carbons (Fsp3) is 0.400. The second kappa shape index (κ2) is 12.1. The number of ether oxygens (including phenoxy) is 1. The number of hydrogen-bond donors (Lipinski definition) is 3. The van der Waals surface area contributed by atoms with Crippen LogP contribution in [0.2, 0.25) is 0 Å². The Labute approximate surface area is 172 Å². The van der Waals surface area contributed by atoms with E-state index in [-0.39, 0.29) is 18.5 Å². The number of aromatic amines is 2. The number of carbonyl (C=O) groups is 2. The maximum atomic E-state index is 12.4. The Morgan fingerprint density at radius 2 is 2.00 bits per heavy atom. The Balaban J connectivity index is 1.84. The van der Waals surface area contributed by atoms with Gasteiger partial charge < -0.3 is 4.74 Å². The van der Waals surface area contributed by atoms with Crippen LogP contribution in [0.4, 0.5) is 0 Å². The van der Waals surface area contributed by atoms with Gasteiger partial charge in [-0.15, -0.1) is 0 Å². The summed E-state index contributed by atoms with van der Waals surface area (Å²) >= 11 is 0. The lowest BCUT2D eigenvalue weighted by Crippen LogP contribution is -2.28. The zero-order chi connectivity index (χ0) is 21.8. The minimum atomic E-state index is -0.721. The summed E-state index contributed by atoms with van der Waals surface area (Å²) in [5.41, 5.74) is 1.23. The number of amides is 1. The topological polar surface area (TPSA) is 146 Å². The van der Waals surface area contributed by atoms with Crippen molar-refractivity contribution in [1.29, 1.82) is 0 Å². The van der Waals surface area contributed by atoms with E-state index in [2.05, 4.69) is 27.6 Å². The van der Waals surface area contributed by atoms with Gasteiger partial charge in [0.2, 0.25) is 11.7 Å². The first-order valence-electron chi connectivity index (χ1n) is 9.77. The van der Waals surface area contributed by atoms with Gasteiger partial charge in [-0.2, -0.15) is 10.2 Å². The number of aromatic nitrogens is 3. The summed E-state index contributed by atoms with van der Waals surface area (Å²) in [5, 5.41) is 9.34. The van der Waals surface area contributed by atoms with Gasteiger partial charge in [-0.25, -0.2) is 15.3 Å². The Morgan fingerprint density at radius 1 is 1.20 bits per heavy atom. The van der Waals surface area contributed by atoms with E-state index < -0.39 is 22.9 Å². The van der Waals surface area contributed by atoms with Crippen molar-refractivity contribution in [2.24, 2.45) is 5.10 Å². The summed E-state index contributed by atoms with van der Waals surface area (Å²) in [4.78, 5) is 48.7. The predicted octanol–water partition coefficient (Wildman–Crippen LogP) is 1.33. The predicted molar refractivity (Wildman–Crippen MR) is 111 cm³/mol. The van der Waals surface area contributed by atoms with Crippen molar-refractivity contribution in [2.45, 2.75) is 45.4 Å². The van der Waals surface area contributed by atoms with E-state index in [1.54, 1.807) is 24.3 Å². The van der Waals surface area contributed by atoms with Gasteiger partial charge in [0.15, 0.2) is 0 Å². The van der Waals surface area contributed by atoms with Crippen molar-refractivity contribution in [3.8, 4) is 5.75 Å². The molecule has 160 valence electrons. The largest absolute Gasteiger partial charge is 0.493 e. The summed E-state index contributed by atoms with van der Waals surface area (Å²) in [7, 11) is 0. The number of unbranched alkanes of at least 4 members (excludes halogenated alkanes) is 3. The number of hydrazone groups is 1. The number of para-hydroxylation sites is 1. The van der Waals surface area contributed by atoms with Gasteiger partial charge >= 0.3 is 5.69 Å². The highest BCUT2D eigenvalue weighted by Gasteiger charge is 2.11. The maximum absolute atomic E-state index is 12.4. The minimum absolute atomic E-state index is 0.0100. The van der Waals surface area contributed by atoms with E-state index in [1.807, 2.05) is 4.98 Å². The molecular weight excluding hydrogens is 390 g/mol. The number of aryl methyl sites for hydroxylation is 1. The van der Waals surface area contributed by atoms with Crippen molar-refractivity contribution in [3.05, 3.63) is 56.4 Å². The van der Waals surface area contributed by atoms with Crippen LogP contribution in [0.3, 0.4) is 0 Å². The maximum Gasteiger partial charge on any atom is 0.342 e. The molecule has 0 spiro atoms. The van der Waals surface area contributed by atoms with Gasteiger partial charge in [-0.05, 0) is 18.6 Å². The van der Waals surface area contributed by atoms with E-state index in [9.17, 15) is 19.2 Å². The second-order valence-corrected chi connectivity index (χ2v) is 6.52. The molecule has 0 aliphatic heterocycles.